The second-order valence-corrected chi connectivity index (χ2v) is 4.48. The molecule has 0 atom stereocenters. The van der Waals surface area contributed by atoms with Crippen LogP contribution in [-0.4, -0.2) is 20.0 Å². The van der Waals surface area contributed by atoms with Gasteiger partial charge < -0.3 is 0 Å². The monoisotopic (exact) mass is 274 g/mol. The number of nitrogens with zero attached hydrogens (tertiary/aromatic N) is 4. The van der Waals surface area contributed by atoms with Crippen LogP contribution in [-0.2, 0) is 6.54 Å². The summed E-state index contributed by atoms with van der Waals surface area (Å²) >= 11 is 4.72. The van der Waals surface area contributed by atoms with Crippen molar-refractivity contribution in [2.24, 2.45) is 5.84 Å². The molecule has 0 fully saturated rings. The van der Waals surface area contributed by atoms with Crippen molar-refractivity contribution in [3.63, 3.8) is 0 Å². The first kappa shape index (κ1) is 9.56. The molecule has 2 aromatic rings. The van der Waals surface area contributed by atoms with Gasteiger partial charge in [-0.2, -0.15) is 5.10 Å². The Bertz CT molecular complexity index is 423. The molecule has 14 heavy (non-hydrogen) atoms. The predicted molar refractivity (Wildman–Crippen MR) is 56.7 cm³/mol. The maximum atomic E-state index is 5.19. The van der Waals surface area contributed by atoms with E-state index in [0.717, 1.165) is 9.48 Å². The third-order valence-electron chi connectivity index (χ3n) is 1.49. The third-order valence-corrected chi connectivity index (χ3v) is 2.74. The number of rotatable bonds is 3. The molecular weight excluding hydrogens is 268 g/mol. The van der Waals surface area contributed by atoms with E-state index >= 15 is 0 Å². The van der Waals surface area contributed by atoms with Gasteiger partial charge in [0.2, 0.25) is 5.13 Å². The lowest BCUT2D eigenvalue weighted by Gasteiger charge is -1.94. The Kier molecular flexibility index (Phi) is 2.75. The average molecular weight is 275 g/mol. The highest BCUT2D eigenvalue weighted by Gasteiger charge is 2.04. The van der Waals surface area contributed by atoms with Crippen LogP contribution >= 0.6 is 27.3 Å². The third kappa shape index (κ3) is 2.08. The van der Waals surface area contributed by atoms with Gasteiger partial charge in [-0.25, -0.2) is 5.84 Å². The van der Waals surface area contributed by atoms with Crippen LogP contribution in [0.25, 0.3) is 0 Å². The molecule has 6 nitrogen and oxygen atoms in total. The van der Waals surface area contributed by atoms with E-state index in [1.54, 1.807) is 10.9 Å². The number of nitrogens with one attached hydrogen (secondary N) is 1. The summed E-state index contributed by atoms with van der Waals surface area (Å²) in [5, 5.41) is 13.3. The van der Waals surface area contributed by atoms with E-state index in [1.807, 2.05) is 6.20 Å². The van der Waals surface area contributed by atoms with Crippen molar-refractivity contribution in [1.29, 1.82) is 0 Å². The van der Waals surface area contributed by atoms with E-state index in [4.69, 9.17) is 5.84 Å². The van der Waals surface area contributed by atoms with E-state index in [0.29, 0.717) is 11.7 Å². The molecule has 0 aliphatic heterocycles. The zero-order chi connectivity index (χ0) is 9.97. The zero-order valence-electron chi connectivity index (χ0n) is 7.01. The fraction of sp³-hybridized carbons (Fsp3) is 0.167. The number of nitrogen functional groups attached to an aromatic ring is 1. The Hall–Kier alpha value is -0.990. The molecule has 8 heteroatoms. The van der Waals surface area contributed by atoms with E-state index in [9.17, 15) is 0 Å². The van der Waals surface area contributed by atoms with Crippen LogP contribution in [0.15, 0.2) is 16.9 Å². The van der Waals surface area contributed by atoms with Crippen LogP contribution in [0.3, 0.4) is 0 Å². The SMILES string of the molecule is NNc1nnc(Cn2cc(Br)cn2)s1. The van der Waals surface area contributed by atoms with Crippen LogP contribution in [0.4, 0.5) is 5.13 Å². The lowest BCUT2D eigenvalue weighted by atomic mass is 10.7. The summed E-state index contributed by atoms with van der Waals surface area (Å²) < 4.78 is 2.71. The molecule has 0 amide bonds. The Morgan fingerprint density at radius 3 is 3.00 bits per heavy atom. The molecule has 2 rings (SSSR count). The molecule has 0 saturated carbocycles. The Balaban J connectivity index is 2.10. The van der Waals surface area contributed by atoms with E-state index in [2.05, 4.69) is 36.7 Å². The summed E-state index contributed by atoms with van der Waals surface area (Å²) in [5.41, 5.74) is 2.44. The van der Waals surface area contributed by atoms with Crippen molar-refractivity contribution in [3.8, 4) is 0 Å². The van der Waals surface area contributed by atoms with Crippen LogP contribution in [0, 0.1) is 0 Å². The van der Waals surface area contributed by atoms with Crippen molar-refractivity contribution >= 4 is 32.4 Å². The topological polar surface area (TPSA) is 81.6 Å². The van der Waals surface area contributed by atoms with Gasteiger partial charge in [0, 0.05) is 6.20 Å². The number of halogens is 1. The zero-order valence-corrected chi connectivity index (χ0v) is 9.42. The molecular formula is C6H7BrN6S. The molecule has 74 valence electrons. The van der Waals surface area contributed by atoms with Gasteiger partial charge in [-0.15, -0.1) is 10.2 Å². The summed E-state index contributed by atoms with van der Waals surface area (Å²) in [4.78, 5) is 0. The highest BCUT2D eigenvalue weighted by molar-refractivity contribution is 9.10. The van der Waals surface area contributed by atoms with Gasteiger partial charge in [-0.1, -0.05) is 11.3 Å². The first-order valence-electron chi connectivity index (χ1n) is 3.75. The van der Waals surface area contributed by atoms with Crippen LogP contribution < -0.4 is 11.3 Å². The fourth-order valence-corrected chi connectivity index (χ4v) is 1.91. The van der Waals surface area contributed by atoms with Gasteiger partial charge in [0.05, 0.1) is 17.2 Å². The highest BCUT2D eigenvalue weighted by atomic mass is 79.9. The molecule has 0 radical (unpaired) electrons. The molecule has 0 bridgehead atoms. The van der Waals surface area contributed by atoms with Crippen molar-refractivity contribution in [1.82, 2.24) is 20.0 Å². The molecule has 0 aliphatic rings. The summed E-state index contributed by atoms with van der Waals surface area (Å²) in [7, 11) is 0. The van der Waals surface area contributed by atoms with Crippen molar-refractivity contribution < 1.29 is 0 Å². The maximum absolute atomic E-state index is 5.19. The predicted octanol–water partition coefficient (Wildman–Crippen LogP) is 0.831. The summed E-state index contributed by atoms with van der Waals surface area (Å²) in [6.07, 6.45) is 3.60. The number of hydrogen-bond donors (Lipinski definition) is 2. The van der Waals surface area contributed by atoms with E-state index < -0.39 is 0 Å². The minimum atomic E-state index is 0.602. The minimum Gasteiger partial charge on any atom is -0.298 e. The van der Waals surface area contributed by atoms with Crippen molar-refractivity contribution in [2.75, 3.05) is 5.43 Å². The van der Waals surface area contributed by atoms with Gasteiger partial charge in [0.25, 0.3) is 0 Å². The quantitative estimate of drug-likeness (QED) is 0.640. The Morgan fingerprint density at radius 2 is 2.43 bits per heavy atom. The molecule has 0 aliphatic carbocycles. The highest BCUT2D eigenvalue weighted by Crippen LogP contribution is 2.15. The van der Waals surface area contributed by atoms with Gasteiger partial charge in [-0.05, 0) is 15.9 Å². The standard InChI is InChI=1S/C6H7BrN6S/c7-4-1-9-13(2-4)3-5-11-12-6(10-8)14-5/h1-2H,3,8H2,(H,10,12). The number of hydrogen-bond acceptors (Lipinski definition) is 6. The number of anilines is 1. The summed E-state index contributed by atoms with van der Waals surface area (Å²) in [5.74, 6) is 5.19. The van der Waals surface area contributed by atoms with Crippen LogP contribution in [0.2, 0.25) is 0 Å². The first-order valence-corrected chi connectivity index (χ1v) is 5.36. The second kappa shape index (κ2) is 4.03. The average Bonchev–Trinajstić information content (AvgIpc) is 2.76. The first-order chi connectivity index (χ1) is 6.78. The maximum Gasteiger partial charge on any atom is 0.219 e. The number of aromatic nitrogens is 4. The van der Waals surface area contributed by atoms with Crippen molar-refractivity contribution in [2.45, 2.75) is 6.54 Å². The van der Waals surface area contributed by atoms with E-state index in [-0.39, 0.29) is 0 Å². The molecule has 0 saturated heterocycles. The van der Waals surface area contributed by atoms with Crippen LogP contribution in [0.5, 0.6) is 0 Å². The molecule has 0 aromatic carbocycles. The Labute approximate surface area is 92.2 Å². The Morgan fingerprint density at radius 1 is 1.57 bits per heavy atom. The van der Waals surface area contributed by atoms with Gasteiger partial charge in [0.15, 0.2) is 0 Å². The molecule has 0 unspecified atom stereocenters. The van der Waals surface area contributed by atoms with Crippen molar-refractivity contribution in [3.05, 3.63) is 21.9 Å². The van der Waals surface area contributed by atoms with Crippen LogP contribution in [0.1, 0.15) is 5.01 Å². The van der Waals surface area contributed by atoms with Gasteiger partial charge >= 0.3 is 0 Å². The molecule has 2 heterocycles. The summed E-state index contributed by atoms with van der Waals surface area (Å²) in [6, 6.07) is 0. The van der Waals surface area contributed by atoms with Gasteiger partial charge in [-0.3, -0.25) is 10.1 Å². The number of hydrazine groups is 1. The summed E-state index contributed by atoms with van der Waals surface area (Å²) in [6.45, 7) is 0.602. The molecule has 0 spiro atoms. The second-order valence-electron chi connectivity index (χ2n) is 2.50. The van der Waals surface area contributed by atoms with Gasteiger partial charge in [0.1, 0.15) is 5.01 Å². The lowest BCUT2D eigenvalue weighted by Crippen LogP contribution is -2.05. The smallest absolute Gasteiger partial charge is 0.219 e. The van der Waals surface area contributed by atoms with E-state index in [1.165, 1.54) is 11.3 Å². The largest absolute Gasteiger partial charge is 0.298 e. The number of nitrogens with two attached hydrogens (primary N) is 1. The minimum absolute atomic E-state index is 0.602. The molecule has 2 aromatic heterocycles. The normalized spacial score (nSPS) is 10.4. The fourth-order valence-electron chi connectivity index (χ4n) is 0.939. The lowest BCUT2D eigenvalue weighted by molar-refractivity contribution is 0.677. The molecule has 3 N–H and O–H groups in total.